The van der Waals surface area contributed by atoms with E-state index in [2.05, 4.69) is 33.9 Å². The minimum absolute atomic E-state index is 0.261. The molecule has 0 aromatic heterocycles. The van der Waals surface area contributed by atoms with Crippen molar-refractivity contribution in [3.05, 3.63) is 35.9 Å². The minimum atomic E-state index is -0.569. The predicted molar refractivity (Wildman–Crippen MR) is 101 cm³/mol. The van der Waals surface area contributed by atoms with E-state index in [1.807, 2.05) is 18.2 Å². The molecule has 0 saturated carbocycles. The molecule has 0 aliphatic carbocycles. The number of carbonyl (C=O) groups excluding carboxylic acids is 1. The first kappa shape index (κ1) is 19.1. The molecule has 0 spiro atoms. The molecule has 0 amide bonds. The van der Waals surface area contributed by atoms with Crippen molar-refractivity contribution >= 4 is 6.16 Å². The Labute approximate surface area is 156 Å². The molecule has 2 heterocycles. The Morgan fingerprint density at radius 3 is 2.54 bits per heavy atom. The summed E-state index contributed by atoms with van der Waals surface area (Å²) in [7, 11) is 2.18. The molecule has 2 fully saturated rings. The lowest BCUT2D eigenvalue weighted by atomic mass is 10.0. The Morgan fingerprint density at radius 1 is 1.12 bits per heavy atom. The number of nitrogens with zero attached hydrogens (tertiary/aromatic N) is 3. The average molecular weight is 361 g/mol. The van der Waals surface area contributed by atoms with Crippen LogP contribution in [0.3, 0.4) is 0 Å². The molecule has 6 nitrogen and oxygen atoms in total. The summed E-state index contributed by atoms with van der Waals surface area (Å²) < 4.78 is 10.7. The largest absolute Gasteiger partial charge is 0.509 e. The summed E-state index contributed by atoms with van der Waals surface area (Å²) in [6, 6.07) is 10.9. The zero-order chi connectivity index (χ0) is 18.4. The van der Waals surface area contributed by atoms with Gasteiger partial charge in [0.05, 0.1) is 13.2 Å². The number of piperidine rings is 1. The third-order valence-corrected chi connectivity index (χ3v) is 5.40. The van der Waals surface area contributed by atoms with Crippen LogP contribution in [0.25, 0.3) is 0 Å². The summed E-state index contributed by atoms with van der Waals surface area (Å²) in [5.74, 6) is 0. The maximum atomic E-state index is 11.9. The topological polar surface area (TPSA) is 45.3 Å². The van der Waals surface area contributed by atoms with E-state index in [0.29, 0.717) is 12.6 Å². The summed E-state index contributed by atoms with van der Waals surface area (Å²) in [5.41, 5.74) is 1.23. The first-order chi connectivity index (χ1) is 12.7. The van der Waals surface area contributed by atoms with Gasteiger partial charge in [-0.25, -0.2) is 4.79 Å². The molecule has 2 aliphatic rings. The highest BCUT2D eigenvalue weighted by atomic mass is 16.7. The number of ether oxygens (including phenoxy) is 2. The Hall–Kier alpha value is -1.63. The van der Waals surface area contributed by atoms with E-state index in [1.165, 1.54) is 18.4 Å². The highest BCUT2D eigenvalue weighted by molar-refractivity contribution is 5.60. The quantitative estimate of drug-likeness (QED) is 0.751. The van der Waals surface area contributed by atoms with Crippen molar-refractivity contribution < 1.29 is 14.3 Å². The molecular weight excluding hydrogens is 330 g/mol. The molecule has 0 N–H and O–H groups in total. The fourth-order valence-electron chi connectivity index (χ4n) is 3.87. The van der Waals surface area contributed by atoms with E-state index in [-0.39, 0.29) is 6.23 Å². The first-order valence-electron chi connectivity index (χ1n) is 9.69. The fourth-order valence-corrected chi connectivity index (χ4v) is 3.87. The van der Waals surface area contributed by atoms with Crippen LogP contribution in [-0.4, -0.2) is 79.5 Å². The van der Waals surface area contributed by atoms with Crippen LogP contribution in [0.15, 0.2) is 30.3 Å². The van der Waals surface area contributed by atoms with Gasteiger partial charge in [0.25, 0.3) is 0 Å². The summed E-state index contributed by atoms with van der Waals surface area (Å²) in [6.07, 6.45) is 1.53. The lowest BCUT2D eigenvalue weighted by Crippen LogP contribution is -2.58. The summed E-state index contributed by atoms with van der Waals surface area (Å²) in [4.78, 5) is 19.1. The monoisotopic (exact) mass is 361 g/mol. The standard InChI is InChI=1S/C20H31N3O3/c1-3-25-20(24)26-19-16-22(18-9-11-21(2)12-10-18)13-14-23(19)15-17-7-5-4-6-8-17/h4-8,18-19H,3,9-16H2,1-2H3. The van der Waals surface area contributed by atoms with Gasteiger partial charge in [-0.3, -0.25) is 9.80 Å². The number of rotatable bonds is 5. The number of likely N-dealkylation sites (tertiary alicyclic amines) is 1. The Morgan fingerprint density at radius 2 is 1.85 bits per heavy atom. The average Bonchev–Trinajstić information content (AvgIpc) is 2.65. The van der Waals surface area contributed by atoms with Crippen molar-refractivity contribution in [3.8, 4) is 0 Å². The van der Waals surface area contributed by atoms with Gasteiger partial charge < -0.3 is 14.4 Å². The molecule has 3 rings (SSSR count). The van der Waals surface area contributed by atoms with Gasteiger partial charge in [0.15, 0.2) is 6.23 Å². The minimum Gasteiger partial charge on any atom is -0.435 e. The third-order valence-electron chi connectivity index (χ3n) is 5.40. The molecule has 6 heteroatoms. The molecule has 26 heavy (non-hydrogen) atoms. The van der Waals surface area contributed by atoms with Crippen molar-refractivity contribution in [1.82, 2.24) is 14.7 Å². The SMILES string of the molecule is CCOC(=O)OC1CN(C2CCN(C)CC2)CCN1Cc1ccccc1. The van der Waals surface area contributed by atoms with Crippen LogP contribution >= 0.6 is 0 Å². The van der Waals surface area contributed by atoms with Crippen LogP contribution in [0.1, 0.15) is 25.3 Å². The predicted octanol–water partition coefficient (Wildman–Crippen LogP) is 2.40. The molecular formula is C20H31N3O3. The maximum absolute atomic E-state index is 11.9. The van der Waals surface area contributed by atoms with Crippen molar-refractivity contribution in [2.75, 3.05) is 46.4 Å². The lowest BCUT2D eigenvalue weighted by Gasteiger charge is -2.45. The molecule has 1 aromatic rings. The number of hydrogen-bond acceptors (Lipinski definition) is 6. The highest BCUT2D eigenvalue weighted by Gasteiger charge is 2.34. The second-order valence-electron chi connectivity index (χ2n) is 7.24. The normalized spacial score (nSPS) is 23.7. The maximum Gasteiger partial charge on any atom is 0.509 e. The van der Waals surface area contributed by atoms with Gasteiger partial charge in [0, 0.05) is 25.7 Å². The van der Waals surface area contributed by atoms with Gasteiger partial charge in [-0.2, -0.15) is 0 Å². The Balaban J connectivity index is 1.64. The number of piperazine rings is 1. The molecule has 1 atom stereocenters. The van der Waals surface area contributed by atoms with Crippen molar-refractivity contribution in [1.29, 1.82) is 0 Å². The van der Waals surface area contributed by atoms with Crippen LogP contribution in [0.5, 0.6) is 0 Å². The lowest BCUT2D eigenvalue weighted by molar-refractivity contribution is -0.0992. The van der Waals surface area contributed by atoms with E-state index >= 15 is 0 Å². The summed E-state index contributed by atoms with van der Waals surface area (Å²) in [5, 5.41) is 0. The van der Waals surface area contributed by atoms with E-state index in [9.17, 15) is 4.79 Å². The van der Waals surface area contributed by atoms with E-state index in [1.54, 1.807) is 6.92 Å². The van der Waals surface area contributed by atoms with Gasteiger partial charge >= 0.3 is 6.16 Å². The summed E-state index contributed by atoms with van der Waals surface area (Å²) in [6.45, 7) is 7.86. The second kappa shape index (κ2) is 9.35. The molecule has 1 unspecified atom stereocenters. The molecule has 0 bridgehead atoms. The number of carbonyl (C=O) groups is 1. The molecule has 144 valence electrons. The Bertz CT molecular complexity index is 561. The van der Waals surface area contributed by atoms with Crippen molar-refractivity contribution in [3.63, 3.8) is 0 Å². The highest BCUT2D eigenvalue weighted by Crippen LogP contribution is 2.22. The summed E-state index contributed by atoms with van der Waals surface area (Å²) >= 11 is 0. The van der Waals surface area contributed by atoms with Crippen LogP contribution in [-0.2, 0) is 16.0 Å². The van der Waals surface area contributed by atoms with Gasteiger partial charge in [-0.05, 0) is 45.5 Å². The van der Waals surface area contributed by atoms with Gasteiger partial charge in [0.2, 0.25) is 0 Å². The van der Waals surface area contributed by atoms with Gasteiger partial charge in [-0.15, -0.1) is 0 Å². The molecule has 2 saturated heterocycles. The van der Waals surface area contributed by atoms with Crippen LogP contribution in [0.4, 0.5) is 4.79 Å². The zero-order valence-corrected chi connectivity index (χ0v) is 16.0. The fraction of sp³-hybridized carbons (Fsp3) is 0.650. The number of hydrogen-bond donors (Lipinski definition) is 0. The molecule has 0 radical (unpaired) electrons. The van der Waals surface area contributed by atoms with Crippen molar-refractivity contribution in [2.45, 2.75) is 38.6 Å². The van der Waals surface area contributed by atoms with E-state index in [4.69, 9.17) is 9.47 Å². The Kier molecular flexibility index (Phi) is 6.88. The molecule has 2 aliphatic heterocycles. The second-order valence-corrected chi connectivity index (χ2v) is 7.24. The van der Waals surface area contributed by atoms with Crippen molar-refractivity contribution in [2.24, 2.45) is 0 Å². The molecule has 1 aromatic carbocycles. The van der Waals surface area contributed by atoms with Gasteiger partial charge in [0.1, 0.15) is 0 Å². The van der Waals surface area contributed by atoms with Crippen LogP contribution in [0, 0.1) is 0 Å². The smallest absolute Gasteiger partial charge is 0.435 e. The number of benzene rings is 1. The van der Waals surface area contributed by atoms with Crippen LogP contribution in [0.2, 0.25) is 0 Å². The zero-order valence-electron chi connectivity index (χ0n) is 16.0. The van der Waals surface area contributed by atoms with E-state index in [0.717, 1.165) is 39.3 Å². The first-order valence-corrected chi connectivity index (χ1v) is 9.69. The third kappa shape index (κ3) is 5.19. The van der Waals surface area contributed by atoms with Crippen LogP contribution < -0.4 is 0 Å². The van der Waals surface area contributed by atoms with Gasteiger partial charge in [-0.1, -0.05) is 30.3 Å². The van der Waals surface area contributed by atoms with E-state index < -0.39 is 6.16 Å².